The van der Waals surface area contributed by atoms with E-state index >= 15 is 0 Å². The van der Waals surface area contributed by atoms with E-state index in [1.54, 1.807) is 11.8 Å². The van der Waals surface area contributed by atoms with E-state index in [4.69, 9.17) is 9.72 Å². The first-order chi connectivity index (χ1) is 12.5. The van der Waals surface area contributed by atoms with Crippen molar-refractivity contribution in [3.8, 4) is 0 Å². The second-order valence-corrected chi connectivity index (χ2v) is 7.90. The van der Waals surface area contributed by atoms with Crippen LogP contribution in [0.1, 0.15) is 34.6 Å². The molecule has 5 nitrogen and oxygen atoms in total. The maximum absolute atomic E-state index is 13.1. The molecule has 0 fully saturated rings. The Morgan fingerprint density at radius 2 is 1.88 bits per heavy atom. The van der Waals surface area contributed by atoms with E-state index < -0.39 is 0 Å². The van der Waals surface area contributed by atoms with Crippen LogP contribution >= 0.6 is 11.8 Å². The van der Waals surface area contributed by atoms with Gasteiger partial charge in [0.1, 0.15) is 0 Å². The molecule has 2 rings (SSSR count). The molecule has 0 amide bonds. The second-order valence-electron chi connectivity index (χ2n) is 6.84. The Hall–Kier alpha value is -1.37. The quantitative estimate of drug-likeness (QED) is 0.359. The molecule has 0 radical (unpaired) electrons. The van der Waals surface area contributed by atoms with Gasteiger partial charge in [0, 0.05) is 37.5 Å². The molecule has 0 saturated carbocycles. The van der Waals surface area contributed by atoms with Crippen LogP contribution in [0.15, 0.2) is 34.2 Å². The van der Waals surface area contributed by atoms with Gasteiger partial charge in [0.25, 0.3) is 5.56 Å². The fourth-order valence-corrected chi connectivity index (χ4v) is 4.00. The zero-order chi connectivity index (χ0) is 19.1. The van der Waals surface area contributed by atoms with Gasteiger partial charge in [-0.3, -0.25) is 14.3 Å². The van der Waals surface area contributed by atoms with Crippen LogP contribution in [0.2, 0.25) is 0 Å². The normalized spacial score (nSPS) is 12.0. The summed E-state index contributed by atoms with van der Waals surface area (Å²) in [6.45, 7) is 13.6. The Morgan fingerprint density at radius 3 is 2.54 bits per heavy atom. The molecule has 0 aliphatic rings. The third-order valence-electron chi connectivity index (χ3n) is 4.40. The summed E-state index contributed by atoms with van der Waals surface area (Å²) in [5, 5.41) is 1.46. The maximum Gasteiger partial charge on any atom is 0.262 e. The molecule has 1 aromatic heterocycles. The number of ether oxygens (including phenoxy) is 1. The lowest BCUT2D eigenvalue weighted by molar-refractivity contribution is 0.164. The standard InChI is InChI=1S/C20H31N3O2S/c1-6-25-13-14-26-20-21-18-10-8-7-9-17(18)19(24)23(20)12-11-22(15(2)3)16(4)5/h7-10,15-16H,6,11-14H2,1-5H3. The minimum Gasteiger partial charge on any atom is -0.381 e. The van der Waals surface area contributed by atoms with Crippen molar-refractivity contribution in [3.63, 3.8) is 0 Å². The third kappa shape index (κ3) is 5.32. The van der Waals surface area contributed by atoms with E-state index in [2.05, 4.69) is 32.6 Å². The molecular formula is C20H31N3O2S. The SMILES string of the molecule is CCOCCSc1nc2ccccc2c(=O)n1CCN(C(C)C)C(C)C. The van der Waals surface area contributed by atoms with E-state index in [1.165, 1.54) is 0 Å². The number of nitrogens with zero attached hydrogens (tertiary/aromatic N) is 3. The highest BCUT2D eigenvalue weighted by atomic mass is 32.2. The second kappa shape index (κ2) is 10.1. The van der Waals surface area contributed by atoms with Gasteiger partial charge in [-0.1, -0.05) is 23.9 Å². The fourth-order valence-electron chi connectivity index (χ4n) is 3.12. The lowest BCUT2D eigenvalue weighted by atomic mass is 10.2. The summed E-state index contributed by atoms with van der Waals surface area (Å²) in [4.78, 5) is 20.2. The highest BCUT2D eigenvalue weighted by Crippen LogP contribution is 2.18. The van der Waals surface area contributed by atoms with Crippen molar-refractivity contribution in [2.24, 2.45) is 0 Å². The molecule has 1 aromatic carbocycles. The van der Waals surface area contributed by atoms with Crippen molar-refractivity contribution >= 4 is 22.7 Å². The molecular weight excluding hydrogens is 346 g/mol. The number of hydrogen-bond acceptors (Lipinski definition) is 5. The van der Waals surface area contributed by atoms with Crippen LogP contribution < -0.4 is 5.56 Å². The number of fused-ring (bicyclic) bond motifs is 1. The van der Waals surface area contributed by atoms with E-state index in [0.717, 1.165) is 23.0 Å². The lowest BCUT2D eigenvalue weighted by Crippen LogP contribution is -2.40. The molecule has 0 aliphatic heterocycles. The van der Waals surface area contributed by atoms with Crippen LogP contribution in [-0.2, 0) is 11.3 Å². The zero-order valence-electron chi connectivity index (χ0n) is 16.6. The Balaban J connectivity index is 2.31. The van der Waals surface area contributed by atoms with Crippen molar-refractivity contribution in [2.45, 2.75) is 58.4 Å². The van der Waals surface area contributed by atoms with Gasteiger partial charge in [-0.05, 0) is 46.8 Å². The molecule has 144 valence electrons. The van der Waals surface area contributed by atoms with Gasteiger partial charge in [-0.2, -0.15) is 0 Å². The monoisotopic (exact) mass is 377 g/mol. The summed E-state index contributed by atoms with van der Waals surface area (Å²) in [5.74, 6) is 0.788. The number of aromatic nitrogens is 2. The van der Waals surface area contributed by atoms with Crippen LogP contribution in [0.3, 0.4) is 0 Å². The molecule has 26 heavy (non-hydrogen) atoms. The molecule has 1 heterocycles. The minimum absolute atomic E-state index is 0.0435. The molecule has 0 saturated heterocycles. The van der Waals surface area contributed by atoms with Gasteiger partial charge in [-0.15, -0.1) is 0 Å². The summed E-state index contributed by atoms with van der Waals surface area (Å²) in [6, 6.07) is 8.46. The van der Waals surface area contributed by atoms with Gasteiger partial charge < -0.3 is 4.74 Å². The molecule has 0 bridgehead atoms. The number of para-hydroxylation sites is 1. The van der Waals surface area contributed by atoms with Crippen LogP contribution in [0.4, 0.5) is 0 Å². The average molecular weight is 378 g/mol. The lowest BCUT2D eigenvalue weighted by Gasteiger charge is -2.30. The molecule has 0 N–H and O–H groups in total. The summed E-state index contributed by atoms with van der Waals surface area (Å²) in [6.07, 6.45) is 0. The minimum atomic E-state index is 0.0435. The summed E-state index contributed by atoms with van der Waals surface area (Å²) < 4.78 is 7.26. The zero-order valence-corrected chi connectivity index (χ0v) is 17.4. The van der Waals surface area contributed by atoms with Gasteiger partial charge in [0.05, 0.1) is 17.5 Å². The highest BCUT2D eigenvalue weighted by Gasteiger charge is 2.16. The Labute approximate surface area is 160 Å². The van der Waals surface area contributed by atoms with Crippen molar-refractivity contribution in [3.05, 3.63) is 34.6 Å². The van der Waals surface area contributed by atoms with Gasteiger partial charge in [-0.25, -0.2) is 4.98 Å². The molecule has 0 unspecified atom stereocenters. The van der Waals surface area contributed by atoms with E-state index in [0.29, 0.717) is 37.2 Å². The highest BCUT2D eigenvalue weighted by molar-refractivity contribution is 7.99. The smallest absolute Gasteiger partial charge is 0.262 e. The van der Waals surface area contributed by atoms with E-state index in [1.807, 2.05) is 35.8 Å². The van der Waals surface area contributed by atoms with Crippen molar-refractivity contribution in [2.75, 3.05) is 25.5 Å². The van der Waals surface area contributed by atoms with Gasteiger partial charge in [0.15, 0.2) is 5.16 Å². The number of rotatable bonds is 10. The summed E-state index contributed by atoms with van der Waals surface area (Å²) >= 11 is 1.59. The van der Waals surface area contributed by atoms with E-state index in [9.17, 15) is 4.79 Å². The number of thioether (sulfide) groups is 1. The molecule has 0 aliphatic carbocycles. The predicted molar refractivity (Wildman–Crippen MR) is 110 cm³/mol. The molecule has 0 atom stereocenters. The Kier molecular flexibility index (Phi) is 8.13. The summed E-state index contributed by atoms with van der Waals surface area (Å²) in [5.41, 5.74) is 0.805. The molecule has 0 spiro atoms. The van der Waals surface area contributed by atoms with Crippen molar-refractivity contribution in [1.29, 1.82) is 0 Å². The molecule has 2 aromatic rings. The van der Waals surface area contributed by atoms with Gasteiger partial charge in [0.2, 0.25) is 0 Å². The Morgan fingerprint density at radius 1 is 1.19 bits per heavy atom. The average Bonchev–Trinajstić information content (AvgIpc) is 2.60. The van der Waals surface area contributed by atoms with Crippen molar-refractivity contribution in [1.82, 2.24) is 14.5 Å². The fraction of sp³-hybridized carbons (Fsp3) is 0.600. The van der Waals surface area contributed by atoms with Crippen LogP contribution in [-0.4, -0.2) is 52.0 Å². The van der Waals surface area contributed by atoms with Crippen LogP contribution in [0, 0.1) is 0 Å². The first kappa shape index (κ1) is 20.9. The molecule has 6 heteroatoms. The van der Waals surface area contributed by atoms with Gasteiger partial charge >= 0.3 is 0 Å². The third-order valence-corrected chi connectivity index (χ3v) is 5.34. The number of hydrogen-bond donors (Lipinski definition) is 0. The first-order valence-corrected chi connectivity index (χ1v) is 10.4. The Bertz CT molecular complexity index is 750. The van der Waals surface area contributed by atoms with Crippen LogP contribution in [0.25, 0.3) is 10.9 Å². The predicted octanol–water partition coefficient (Wildman–Crippen LogP) is 3.64. The first-order valence-electron chi connectivity index (χ1n) is 9.41. The van der Waals surface area contributed by atoms with Crippen molar-refractivity contribution < 1.29 is 4.74 Å². The number of benzene rings is 1. The maximum atomic E-state index is 13.1. The van der Waals surface area contributed by atoms with E-state index in [-0.39, 0.29) is 5.56 Å². The topological polar surface area (TPSA) is 47.4 Å². The largest absolute Gasteiger partial charge is 0.381 e. The van der Waals surface area contributed by atoms with Crippen LogP contribution in [0.5, 0.6) is 0 Å². The summed E-state index contributed by atoms with van der Waals surface area (Å²) in [7, 11) is 0.